The maximum Gasteiger partial charge on any atom is 0.356 e. The molecule has 1 saturated heterocycles. The van der Waals surface area contributed by atoms with E-state index < -0.39 is 45.2 Å². The van der Waals surface area contributed by atoms with Crippen LogP contribution in [0.2, 0.25) is 18.1 Å². The molecule has 55 heavy (non-hydrogen) atoms. The molecule has 5 rings (SSSR count). The van der Waals surface area contributed by atoms with Gasteiger partial charge in [-0.2, -0.15) is 0 Å². The van der Waals surface area contributed by atoms with E-state index in [4.69, 9.17) is 9.16 Å². The Kier molecular flexibility index (Phi) is 12.7. The number of aryl methyl sites for hydroxylation is 1. The van der Waals surface area contributed by atoms with Crippen LogP contribution in [0.15, 0.2) is 122 Å². The molecule has 0 unspecified atom stereocenters. The second-order valence-electron chi connectivity index (χ2n) is 15.6. The number of carbonyl (C=O) groups is 4. The first-order chi connectivity index (χ1) is 26.0. The zero-order valence-corrected chi connectivity index (χ0v) is 34.7. The predicted octanol–water partition coefficient (Wildman–Crippen LogP) is 7.29. The molecule has 1 fully saturated rings. The summed E-state index contributed by atoms with van der Waals surface area (Å²) in [7, 11) is -2.39. The van der Waals surface area contributed by atoms with Gasteiger partial charge in [-0.05, 0) is 65.1 Å². The molecule has 0 aliphatic carbocycles. The van der Waals surface area contributed by atoms with Crippen molar-refractivity contribution in [1.82, 2.24) is 4.90 Å². The van der Waals surface area contributed by atoms with Crippen LogP contribution >= 0.6 is 6.89 Å². The van der Waals surface area contributed by atoms with Crippen LogP contribution in [0.5, 0.6) is 0 Å². The van der Waals surface area contributed by atoms with Crippen LogP contribution in [0.1, 0.15) is 55.6 Å². The molecule has 3 atom stereocenters. The summed E-state index contributed by atoms with van der Waals surface area (Å²) in [5.74, 6) is -2.91. The first-order valence-electron chi connectivity index (χ1n) is 18.6. The first kappa shape index (κ1) is 41.3. The molecule has 288 valence electrons. The standard InChI is InChI=1S/C45H52NO7PSi/c1-9-27-52-44(51)43(54(35-19-13-10-14-20-35,36-21-15-11-16-22-36)37-23-17-12-18-24-37)46-38(41(42(46)50)32(3)53-55(7,8)45(4,5)6)30-39(47)34-26-25-33(29-40(48)49)31(2)28-34/h9-26,28,32,38,41H,1,27,29-30H2,2-8H3,(H,48,49)/t32-,38+,41+/m0/s1. The summed E-state index contributed by atoms with van der Waals surface area (Å²) in [4.78, 5) is 57.4. The molecule has 4 aromatic carbocycles. The Labute approximate surface area is 326 Å². The van der Waals surface area contributed by atoms with Gasteiger partial charge in [-0.1, -0.05) is 137 Å². The Bertz CT molecular complexity index is 2010. The summed E-state index contributed by atoms with van der Waals surface area (Å²) >= 11 is 0. The summed E-state index contributed by atoms with van der Waals surface area (Å²) in [6, 6.07) is 33.5. The number of Topliss-reactive ketones (excluding diaryl/α,β-unsaturated/α-hetero) is 1. The monoisotopic (exact) mass is 777 g/mol. The number of carboxylic acids is 1. The number of benzene rings is 4. The van der Waals surface area contributed by atoms with Gasteiger partial charge in [-0.3, -0.25) is 14.4 Å². The SMILES string of the molecule is C=CCOC(=O)C(N1C(=O)[C@H]([C@H](C)O[Si](C)(C)C(C)(C)C)[C@H]1CC(=O)c1ccc(CC(=O)O)c(C)c1)=P(c1ccccc1)(c1ccccc1)c1ccccc1. The van der Waals surface area contributed by atoms with Crippen molar-refractivity contribution in [3.05, 3.63) is 139 Å². The van der Waals surface area contributed by atoms with Crippen molar-refractivity contribution in [3.8, 4) is 0 Å². The number of β-lactam (4-membered cyclic amide) rings is 1. The third kappa shape index (κ3) is 8.40. The highest BCUT2D eigenvalue weighted by molar-refractivity contribution is 7.96. The Morgan fingerprint density at radius 3 is 1.84 bits per heavy atom. The van der Waals surface area contributed by atoms with Crippen LogP contribution in [0.25, 0.3) is 0 Å². The predicted molar refractivity (Wildman–Crippen MR) is 225 cm³/mol. The van der Waals surface area contributed by atoms with E-state index in [9.17, 15) is 19.5 Å². The number of carboxylic acid groups (broad SMARTS) is 1. The minimum Gasteiger partial charge on any atom is -0.481 e. The number of amides is 1. The van der Waals surface area contributed by atoms with Gasteiger partial charge in [-0.25, -0.2) is 4.79 Å². The van der Waals surface area contributed by atoms with Gasteiger partial charge in [-0.15, -0.1) is 0 Å². The number of esters is 1. The number of ether oxygens (including phenoxy) is 1. The van der Waals surface area contributed by atoms with Gasteiger partial charge in [0.1, 0.15) is 12.0 Å². The molecule has 0 aromatic heterocycles. The maximum absolute atomic E-state index is 15.1. The van der Waals surface area contributed by atoms with Crippen molar-refractivity contribution < 1.29 is 33.4 Å². The van der Waals surface area contributed by atoms with Crippen molar-refractivity contribution >= 4 is 60.2 Å². The van der Waals surface area contributed by atoms with Crippen LogP contribution in [-0.2, 0) is 30.0 Å². The van der Waals surface area contributed by atoms with Gasteiger partial charge in [0.05, 0.1) is 24.5 Å². The van der Waals surface area contributed by atoms with Gasteiger partial charge in [0, 0.05) is 18.9 Å². The van der Waals surface area contributed by atoms with Crippen molar-refractivity contribution in [1.29, 1.82) is 0 Å². The highest BCUT2D eigenvalue weighted by Gasteiger charge is 2.57. The van der Waals surface area contributed by atoms with Gasteiger partial charge >= 0.3 is 11.9 Å². The second-order valence-corrected chi connectivity index (χ2v) is 23.7. The number of rotatable bonds is 15. The molecular formula is C45H52NO7PSi. The van der Waals surface area contributed by atoms with E-state index in [-0.39, 0.29) is 41.6 Å². The highest BCUT2D eigenvalue weighted by Crippen LogP contribution is 2.50. The van der Waals surface area contributed by atoms with E-state index in [0.29, 0.717) is 16.7 Å². The Hall–Kier alpha value is -4.82. The topological polar surface area (TPSA) is 110 Å². The second kappa shape index (κ2) is 16.9. The molecule has 1 amide bonds. The summed E-state index contributed by atoms with van der Waals surface area (Å²) < 4.78 is 12.8. The van der Waals surface area contributed by atoms with Crippen LogP contribution in [0, 0.1) is 12.8 Å². The third-order valence-electron chi connectivity index (χ3n) is 11.0. The Balaban J connectivity index is 1.81. The minimum absolute atomic E-state index is 0.0807. The molecule has 1 heterocycles. The smallest absolute Gasteiger partial charge is 0.356 e. The molecule has 8 nitrogen and oxygen atoms in total. The lowest BCUT2D eigenvalue weighted by Crippen LogP contribution is -2.69. The quantitative estimate of drug-likeness (QED) is 0.0338. The number of hydrogen-bond donors (Lipinski definition) is 1. The fourth-order valence-electron chi connectivity index (χ4n) is 7.18. The molecule has 10 heteroatoms. The first-order valence-corrected chi connectivity index (χ1v) is 23.3. The van der Waals surface area contributed by atoms with Gasteiger partial charge in [0.2, 0.25) is 5.91 Å². The van der Waals surface area contributed by atoms with Crippen molar-refractivity contribution in [2.24, 2.45) is 5.92 Å². The van der Waals surface area contributed by atoms with Crippen LogP contribution in [0.3, 0.4) is 0 Å². The van der Waals surface area contributed by atoms with Crippen LogP contribution < -0.4 is 15.9 Å². The normalized spacial score (nSPS) is 16.5. The van der Waals surface area contributed by atoms with E-state index in [0.717, 1.165) is 15.9 Å². The maximum atomic E-state index is 15.1. The minimum atomic E-state index is -3.21. The van der Waals surface area contributed by atoms with E-state index in [1.807, 2.05) is 97.9 Å². The van der Waals surface area contributed by atoms with Crippen molar-refractivity contribution in [2.75, 3.05) is 6.61 Å². The van der Waals surface area contributed by atoms with Crippen molar-refractivity contribution in [2.45, 2.75) is 77.7 Å². The number of hydrogen-bond acceptors (Lipinski definition) is 6. The highest BCUT2D eigenvalue weighted by atomic mass is 31.2. The Morgan fingerprint density at radius 1 is 0.891 bits per heavy atom. The zero-order valence-electron chi connectivity index (χ0n) is 32.8. The number of aliphatic carboxylic acids is 1. The summed E-state index contributed by atoms with van der Waals surface area (Å²) in [6.07, 6.45) is 0.669. The third-order valence-corrected chi connectivity index (χ3v) is 19.8. The lowest BCUT2D eigenvalue weighted by atomic mass is 9.79. The number of ketones is 1. The lowest BCUT2D eigenvalue weighted by Gasteiger charge is -2.53. The number of carbonyl (C=O) groups excluding carboxylic acids is 3. The van der Waals surface area contributed by atoms with E-state index in [1.165, 1.54) is 6.08 Å². The van der Waals surface area contributed by atoms with E-state index >= 15 is 4.79 Å². The largest absolute Gasteiger partial charge is 0.481 e. The summed E-state index contributed by atoms with van der Waals surface area (Å²) in [6.45, 7) is 14.8. The molecule has 4 aromatic rings. The molecule has 0 radical (unpaired) electrons. The van der Waals surface area contributed by atoms with Crippen LogP contribution in [0.4, 0.5) is 0 Å². The molecular weight excluding hydrogens is 726 g/mol. The van der Waals surface area contributed by atoms with Crippen LogP contribution in [-0.4, -0.2) is 66.1 Å². The van der Waals surface area contributed by atoms with E-state index in [2.05, 4.69) is 40.4 Å². The average Bonchev–Trinajstić information content (AvgIpc) is 3.14. The molecule has 0 saturated carbocycles. The average molecular weight is 778 g/mol. The molecule has 1 N–H and O–H groups in total. The molecule has 0 bridgehead atoms. The van der Waals surface area contributed by atoms with E-state index in [1.54, 1.807) is 30.0 Å². The van der Waals surface area contributed by atoms with Gasteiger partial charge in [0.15, 0.2) is 14.1 Å². The van der Waals surface area contributed by atoms with Crippen molar-refractivity contribution in [3.63, 3.8) is 0 Å². The fraction of sp³-hybridized carbons (Fsp3) is 0.311. The van der Waals surface area contributed by atoms with Gasteiger partial charge < -0.3 is 19.2 Å². The van der Waals surface area contributed by atoms with Gasteiger partial charge in [0.25, 0.3) is 0 Å². The summed E-state index contributed by atoms with van der Waals surface area (Å²) in [5.41, 5.74) is 1.88. The fourth-order valence-corrected chi connectivity index (χ4v) is 13.0. The number of nitrogens with zero attached hydrogens (tertiary/aromatic N) is 1. The number of likely N-dealkylation sites (tertiary alicyclic amines) is 1. The molecule has 1 aliphatic rings. The molecule has 1 aliphatic heterocycles. The summed E-state index contributed by atoms with van der Waals surface area (Å²) in [5, 5.41) is 11.8. The Morgan fingerprint density at radius 2 is 1.40 bits per heavy atom. The zero-order chi connectivity index (χ0) is 40.1. The molecule has 0 spiro atoms. The lowest BCUT2D eigenvalue weighted by molar-refractivity contribution is -0.156.